The summed E-state index contributed by atoms with van der Waals surface area (Å²) in [6.45, 7) is 5.86. The molecule has 0 saturated heterocycles. The molecule has 0 amide bonds. The second-order valence-corrected chi connectivity index (χ2v) is 4.97. The molecule has 0 bridgehead atoms. The average Bonchev–Trinajstić information content (AvgIpc) is 2.85. The first-order valence-corrected chi connectivity index (χ1v) is 7.54. The van der Waals surface area contributed by atoms with Gasteiger partial charge in [0.1, 0.15) is 23.3 Å². The minimum absolute atomic E-state index is 0.805. The Morgan fingerprint density at radius 2 is 1.86 bits per heavy atom. The van der Waals surface area contributed by atoms with Gasteiger partial charge in [-0.05, 0) is 13.3 Å². The van der Waals surface area contributed by atoms with E-state index in [4.69, 9.17) is 0 Å². The molecule has 0 radical (unpaired) electrons. The third-order valence-electron chi connectivity index (χ3n) is 3.18. The van der Waals surface area contributed by atoms with E-state index in [2.05, 4.69) is 39.4 Å². The Morgan fingerprint density at radius 1 is 1.10 bits per heavy atom. The molecular formula is C15H24N6. The molecule has 0 aromatic carbocycles. The lowest BCUT2D eigenvalue weighted by atomic mass is 10.3. The zero-order valence-corrected chi connectivity index (χ0v) is 13.1. The molecule has 6 heteroatoms. The summed E-state index contributed by atoms with van der Waals surface area (Å²) in [5, 5.41) is 6.62. The van der Waals surface area contributed by atoms with Crippen LogP contribution >= 0.6 is 0 Å². The summed E-state index contributed by atoms with van der Waals surface area (Å²) in [5.41, 5.74) is 0. The van der Waals surface area contributed by atoms with Crippen molar-refractivity contribution < 1.29 is 0 Å². The Balaban J connectivity index is 1.99. The van der Waals surface area contributed by atoms with Crippen molar-refractivity contribution in [1.82, 2.24) is 19.5 Å². The predicted molar refractivity (Wildman–Crippen MR) is 85.6 cm³/mol. The van der Waals surface area contributed by atoms with E-state index in [1.165, 1.54) is 0 Å². The van der Waals surface area contributed by atoms with Crippen molar-refractivity contribution in [2.24, 2.45) is 7.05 Å². The van der Waals surface area contributed by atoms with Gasteiger partial charge in [-0.15, -0.1) is 0 Å². The molecule has 2 aromatic rings. The van der Waals surface area contributed by atoms with Crippen molar-refractivity contribution in [1.29, 1.82) is 0 Å². The third kappa shape index (κ3) is 4.44. The quantitative estimate of drug-likeness (QED) is 0.780. The molecule has 2 aromatic heterocycles. The van der Waals surface area contributed by atoms with Crippen molar-refractivity contribution in [3.63, 3.8) is 0 Å². The smallest absolute Gasteiger partial charge is 0.133 e. The van der Waals surface area contributed by atoms with Crippen LogP contribution in [0.25, 0.3) is 0 Å². The molecule has 0 fully saturated rings. The maximum absolute atomic E-state index is 4.56. The summed E-state index contributed by atoms with van der Waals surface area (Å²) >= 11 is 0. The molecule has 114 valence electrons. The van der Waals surface area contributed by atoms with Crippen LogP contribution in [0.4, 0.5) is 11.6 Å². The van der Waals surface area contributed by atoms with Crippen molar-refractivity contribution >= 4 is 11.6 Å². The fourth-order valence-corrected chi connectivity index (χ4v) is 2.13. The monoisotopic (exact) mass is 288 g/mol. The summed E-state index contributed by atoms with van der Waals surface area (Å²) in [6.07, 6.45) is 6.59. The van der Waals surface area contributed by atoms with E-state index >= 15 is 0 Å². The average molecular weight is 288 g/mol. The number of nitrogens with zero attached hydrogens (tertiary/aromatic N) is 4. The van der Waals surface area contributed by atoms with Gasteiger partial charge >= 0.3 is 0 Å². The van der Waals surface area contributed by atoms with Gasteiger partial charge in [0, 0.05) is 51.4 Å². The Labute approximate surface area is 126 Å². The summed E-state index contributed by atoms with van der Waals surface area (Å²) in [7, 11) is 2.01. The lowest BCUT2D eigenvalue weighted by molar-refractivity contribution is 0.785. The highest BCUT2D eigenvalue weighted by atomic mass is 15.1. The standard InChI is InChI=1S/C15H24N6/c1-4-6-12-19-13(16-5-2)11-14(20-12)17-8-7-15-18-9-10-21(15)3/h9-11H,4-8H2,1-3H3,(H2,16,17,19,20). The Bertz CT molecular complexity index is 539. The number of anilines is 2. The van der Waals surface area contributed by atoms with Crippen LogP contribution in [0.15, 0.2) is 18.5 Å². The molecule has 0 aliphatic carbocycles. The van der Waals surface area contributed by atoms with Gasteiger partial charge in [0.25, 0.3) is 0 Å². The number of hydrogen-bond donors (Lipinski definition) is 2. The first-order valence-electron chi connectivity index (χ1n) is 7.54. The number of aromatic nitrogens is 4. The number of rotatable bonds is 8. The number of imidazole rings is 1. The van der Waals surface area contributed by atoms with Gasteiger partial charge in [-0.25, -0.2) is 15.0 Å². The molecule has 0 saturated carbocycles. The number of nitrogens with one attached hydrogen (secondary N) is 2. The molecule has 2 heterocycles. The largest absolute Gasteiger partial charge is 0.370 e. The third-order valence-corrected chi connectivity index (χ3v) is 3.18. The van der Waals surface area contributed by atoms with Crippen molar-refractivity contribution in [3.05, 3.63) is 30.1 Å². The normalized spacial score (nSPS) is 10.6. The molecule has 0 spiro atoms. The zero-order chi connectivity index (χ0) is 15.1. The van der Waals surface area contributed by atoms with Crippen LogP contribution in [-0.2, 0) is 19.9 Å². The van der Waals surface area contributed by atoms with Gasteiger partial charge in [0.2, 0.25) is 0 Å². The Morgan fingerprint density at radius 3 is 2.48 bits per heavy atom. The molecular weight excluding hydrogens is 264 g/mol. The Hall–Kier alpha value is -2.11. The van der Waals surface area contributed by atoms with Gasteiger partial charge in [-0.3, -0.25) is 0 Å². The molecule has 2 rings (SSSR count). The zero-order valence-electron chi connectivity index (χ0n) is 13.1. The van der Waals surface area contributed by atoms with Crippen LogP contribution in [0.1, 0.15) is 31.9 Å². The van der Waals surface area contributed by atoms with E-state index in [0.29, 0.717) is 0 Å². The van der Waals surface area contributed by atoms with Crippen LogP contribution in [0.2, 0.25) is 0 Å². The minimum Gasteiger partial charge on any atom is -0.370 e. The first kappa shape index (κ1) is 15.3. The molecule has 0 aliphatic heterocycles. The van der Waals surface area contributed by atoms with E-state index in [0.717, 1.165) is 55.6 Å². The van der Waals surface area contributed by atoms with Crippen LogP contribution in [-0.4, -0.2) is 32.6 Å². The SMILES string of the molecule is CCCc1nc(NCC)cc(NCCc2nccn2C)n1. The molecule has 2 N–H and O–H groups in total. The van der Waals surface area contributed by atoms with Crippen LogP contribution in [0.5, 0.6) is 0 Å². The highest BCUT2D eigenvalue weighted by Gasteiger charge is 2.04. The molecule has 0 unspecified atom stereocenters. The number of hydrogen-bond acceptors (Lipinski definition) is 5. The molecule has 21 heavy (non-hydrogen) atoms. The Kier molecular flexibility index (Phi) is 5.54. The second kappa shape index (κ2) is 7.61. The van der Waals surface area contributed by atoms with Crippen molar-refractivity contribution in [3.8, 4) is 0 Å². The lowest BCUT2D eigenvalue weighted by Crippen LogP contribution is -2.12. The first-order chi connectivity index (χ1) is 10.2. The number of aryl methyl sites for hydroxylation is 2. The van der Waals surface area contributed by atoms with Gasteiger partial charge in [0.05, 0.1) is 0 Å². The van der Waals surface area contributed by atoms with E-state index in [9.17, 15) is 0 Å². The van der Waals surface area contributed by atoms with Crippen LogP contribution < -0.4 is 10.6 Å². The van der Waals surface area contributed by atoms with Crippen LogP contribution in [0, 0.1) is 0 Å². The summed E-state index contributed by atoms with van der Waals surface area (Å²) in [4.78, 5) is 13.4. The van der Waals surface area contributed by atoms with E-state index < -0.39 is 0 Å². The van der Waals surface area contributed by atoms with Crippen molar-refractivity contribution in [2.75, 3.05) is 23.7 Å². The molecule has 6 nitrogen and oxygen atoms in total. The summed E-state index contributed by atoms with van der Waals surface area (Å²) in [6, 6.07) is 1.96. The summed E-state index contributed by atoms with van der Waals surface area (Å²) < 4.78 is 2.04. The van der Waals surface area contributed by atoms with Gasteiger partial charge in [0.15, 0.2) is 0 Å². The minimum atomic E-state index is 0.805. The van der Waals surface area contributed by atoms with E-state index in [-0.39, 0.29) is 0 Å². The van der Waals surface area contributed by atoms with Gasteiger partial charge < -0.3 is 15.2 Å². The second-order valence-electron chi connectivity index (χ2n) is 4.97. The molecule has 0 aliphatic rings. The van der Waals surface area contributed by atoms with Gasteiger partial charge in [-0.1, -0.05) is 6.92 Å². The van der Waals surface area contributed by atoms with Crippen molar-refractivity contribution in [2.45, 2.75) is 33.1 Å². The maximum Gasteiger partial charge on any atom is 0.133 e. The topological polar surface area (TPSA) is 67.7 Å². The highest BCUT2D eigenvalue weighted by molar-refractivity contribution is 5.47. The van der Waals surface area contributed by atoms with Gasteiger partial charge in [-0.2, -0.15) is 0 Å². The fraction of sp³-hybridized carbons (Fsp3) is 0.533. The molecule has 0 atom stereocenters. The lowest BCUT2D eigenvalue weighted by Gasteiger charge is -2.10. The fourth-order valence-electron chi connectivity index (χ4n) is 2.13. The van der Waals surface area contributed by atoms with E-state index in [1.807, 2.05) is 30.1 Å². The summed E-state index contributed by atoms with van der Waals surface area (Å²) in [5.74, 6) is 3.71. The maximum atomic E-state index is 4.56. The van der Waals surface area contributed by atoms with E-state index in [1.54, 1.807) is 0 Å². The highest BCUT2D eigenvalue weighted by Crippen LogP contribution is 2.12. The van der Waals surface area contributed by atoms with Crippen LogP contribution in [0.3, 0.4) is 0 Å². The predicted octanol–water partition coefficient (Wildman–Crippen LogP) is 2.25.